The molecular formula is C10H17N3OS. The van der Waals surface area contributed by atoms with Crippen LogP contribution in [0, 0.1) is 12.3 Å². The van der Waals surface area contributed by atoms with Crippen molar-refractivity contribution in [3.05, 3.63) is 11.7 Å². The summed E-state index contributed by atoms with van der Waals surface area (Å²) in [6.07, 6.45) is 0.909. The van der Waals surface area contributed by atoms with Crippen LogP contribution in [-0.2, 0) is 5.54 Å². The molecular weight excluding hydrogens is 210 g/mol. The van der Waals surface area contributed by atoms with Crippen molar-refractivity contribution < 1.29 is 4.52 Å². The largest absolute Gasteiger partial charge is 0.340 e. The summed E-state index contributed by atoms with van der Waals surface area (Å²) in [5.74, 6) is 3.25. The Kier molecular flexibility index (Phi) is 2.55. The lowest BCUT2D eigenvalue weighted by atomic mass is 9.80. The first kappa shape index (κ1) is 11.0. The zero-order chi connectivity index (χ0) is 11.1. The van der Waals surface area contributed by atoms with E-state index in [1.54, 1.807) is 6.92 Å². The van der Waals surface area contributed by atoms with Gasteiger partial charge in [-0.05, 0) is 17.6 Å². The fraction of sp³-hybridized carbons (Fsp3) is 0.800. The smallest absolute Gasteiger partial charge is 0.223 e. The third-order valence-corrected chi connectivity index (χ3v) is 4.32. The second-order valence-electron chi connectivity index (χ2n) is 5.13. The highest BCUT2D eigenvalue weighted by molar-refractivity contribution is 7.99. The molecule has 5 heteroatoms. The van der Waals surface area contributed by atoms with Gasteiger partial charge in [-0.3, -0.25) is 0 Å². The number of aryl methyl sites for hydroxylation is 1. The summed E-state index contributed by atoms with van der Waals surface area (Å²) in [6, 6.07) is 0. The summed E-state index contributed by atoms with van der Waals surface area (Å²) < 4.78 is 5.00. The molecule has 0 spiro atoms. The molecule has 4 nitrogen and oxygen atoms in total. The Morgan fingerprint density at radius 3 is 2.67 bits per heavy atom. The maximum Gasteiger partial charge on any atom is 0.223 e. The minimum atomic E-state index is -0.426. The number of nitrogens with zero attached hydrogens (tertiary/aromatic N) is 2. The topological polar surface area (TPSA) is 64.9 Å². The van der Waals surface area contributed by atoms with Gasteiger partial charge < -0.3 is 10.3 Å². The lowest BCUT2D eigenvalue weighted by molar-refractivity contribution is 0.254. The number of rotatable bonds is 1. The molecule has 1 aliphatic rings. The average molecular weight is 227 g/mol. The zero-order valence-corrected chi connectivity index (χ0v) is 10.2. The summed E-state index contributed by atoms with van der Waals surface area (Å²) in [4.78, 5) is 4.26. The van der Waals surface area contributed by atoms with Gasteiger partial charge in [-0.25, -0.2) is 0 Å². The standard InChI is InChI=1S/C10H17N3OS/c1-7-12-8(13-14-7)10(11)4-9(2,3)5-15-6-10/h4-6,11H2,1-3H3. The molecule has 1 aromatic rings. The quantitative estimate of drug-likeness (QED) is 0.791. The van der Waals surface area contributed by atoms with E-state index in [0.29, 0.717) is 11.7 Å². The van der Waals surface area contributed by atoms with Crippen LogP contribution in [0.5, 0.6) is 0 Å². The van der Waals surface area contributed by atoms with Crippen LogP contribution in [0.1, 0.15) is 32.0 Å². The lowest BCUT2D eigenvalue weighted by Gasteiger charge is -2.40. The maximum absolute atomic E-state index is 6.36. The number of hydrogen-bond donors (Lipinski definition) is 1. The van der Waals surface area contributed by atoms with Crippen molar-refractivity contribution in [1.29, 1.82) is 0 Å². The maximum atomic E-state index is 6.36. The van der Waals surface area contributed by atoms with E-state index in [1.165, 1.54) is 0 Å². The van der Waals surface area contributed by atoms with Crippen molar-refractivity contribution in [2.45, 2.75) is 32.7 Å². The molecule has 2 N–H and O–H groups in total. The van der Waals surface area contributed by atoms with Gasteiger partial charge in [-0.15, -0.1) is 0 Å². The van der Waals surface area contributed by atoms with Gasteiger partial charge in [-0.1, -0.05) is 19.0 Å². The lowest BCUT2D eigenvalue weighted by Crippen LogP contribution is -2.48. The van der Waals surface area contributed by atoms with Gasteiger partial charge >= 0.3 is 0 Å². The van der Waals surface area contributed by atoms with Gasteiger partial charge in [0, 0.05) is 12.7 Å². The van der Waals surface area contributed by atoms with E-state index in [1.807, 2.05) is 11.8 Å². The van der Waals surface area contributed by atoms with Gasteiger partial charge in [0.2, 0.25) is 5.89 Å². The van der Waals surface area contributed by atoms with Gasteiger partial charge in [0.15, 0.2) is 5.82 Å². The highest BCUT2D eigenvalue weighted by Gasteiger charge is 2.41. The van der Waals surface area contributed by atoms with Crippen LogP contribution in [0.3, 0.4) is 0 Å². The average Bonchev–Trinajstić information content (AvgIpc) is 2.49. The molecule has 0 aliphatic carbocycles. The van der Waals surface area contributed by atoms with Crippen LogP contribution in [0.25, 0.3) is 0 Å². The highest BCUT2D eigenvalue weighted by atomic mass is 32.2. The van der Waals surface area contributed by atoms with Gasteiger partial charge in [-0.2, -0.15) is 16.7 Å². The van der Waals surface area contributed by atoms with E-state index < -0.39 is 5.54 Å². The summed E-state index contributed by atoms with van der Waals surface area (Å²) in [5, 5.41) is 3.95. The molecule has 2 rings (SSSR count). The molecule has 2 heterocycles. The Bertz CT molecular complexity index is 363. The summed E-state index contributed by atoms with van der Waals surface area (Å²) in [7, 11) is 0. The third-order valence-electron chi connectivity index (χ3n) is 2.62. The molecule has 1 unspecified atom stereocenters. The van der Waals surface area contributed by atoms with Crippen molar-refractivity contribution >= 4 is 11.8 Å². The molecule has 1 aromatic heterocycles. The number of hydrogen-bond acceptors (Lipinski definition) is 5. The second-order valence-corrected chi connectivity index (χ2v) is 6.11. The highest BCUT2D eigenvalue weighted by Crippen LogP contribution is 2.41. The van der Waals surface area contributed by atoms with E-state index >= 15 is 0 Å². The Hall–Kier alpha value is -0.550. The van der Waals surface area contributed by atoms with E-state index in [2.05, 4.69) is 24.0 Å². The first-order chi connectivity index (χ1) is 6.91. The van der Waals surface area contributed by atoms with Crippen LogP contribution < -0.4 is 5.73 Å². The summed E-state index contributed by atoms with van der Waals surface area (Å²) >= 11 is 1.87. The molecule has 1 saturated heterocycles. The molecule has 1 atom stereocenters. The normalized spacial score (nSPS) is 30.4. The number of aromatic nitrogens is 2. The van der Waals surface area contributed by atoms with Gasteiger partial charge in [0.05, 0.1) is 5.54 Å². The molecule has 0 saturated carbocycles. The molecule has 0 aromatic carbocycles. The van der Waals surface area contributed by atoms with Crippen molar-refractivity contribution in [1.82, 2.24) is 10.1 Å². The SMILES string of the molecule is Cc1nc(C2(N)CSCC(C)(C)C2)no1. The molecule has 1 fully saturated rings. The monoisotopic (exact) mass is 227 g/mol. The Morgan fingerprint density at radius 2 is 2.13 bits per heavy atom. The first-order valence-electron chi connectivity index (χ1n) is 5.09. The van der Waals surface area contributed by atoms with E-state index in [9.17, 15) is 0 Å². The molecule has 0 bridgehead atoms. The molecule has 84 valence electrons. The third kappa shape index (κ3) is 2.18. The fourth-order valence-electron chi connectivity index (χ4n) is 2.11. The van der Waals surface area contributed by atoms with Crippen LogP contribution in [0.15, 0.2) is 4.52 Å². The minimum absolute atomic E-state index is 0.242. The van der Waals surface area contributed by atoms with E-state index in [-0.39, 0.29) is 5.41 Å². The molecule has 0 radical (unpaired) electrons. The Morgan fingerprint density at radius 1 is 1.40 bits per heavy atom. The van der Waals surface area contributed by atoms with Crippen molar-refractivity contribution in [2.24, 2.45) is 11.1 Å². The molecule has 1 aliphatic heterocycles. The predicted molar refractivity (Wildman–Crippen MR) is 60.6 cm³/mol. The van der Waals surface area contributed by atoms with Crippen LogP contribution in [-0.4, -0.2) is 21.6 Å². The van der Waals surface area contributed by atoms with Gasteiger partial charge in [0.1, 0.15) is 0 Å². The van der Waals surface area contributed by atoms with Crippen molar-refractivity contribution in [2.75, 3.05) is 11.5 Å². The fourth-order valence-corrected chi connectivity index (χ4v) is 3.46. The van der Waals surface area contributed by atoms with Gasteiger partial charge in [0.25, 0.3) is 0 Å². The van der Waals surface area contributed by atoms with Crippen molar-refractivity contribution in [3.8, 4) is 0 Å². The Labute approximate surface area is 94.0 Å². The predicted octanol–water partition coefficient (Wildman–Crippen LogP) is 1.70. The minimum Gasteiger partial charge on any atom is -0.340 e. The Balaban J connectivity index is 2.26. The molecule has 15 heavy (non-hydrogen) atoms. The first-order valence-corrected chi connectivity index (χ1v) is 6.24. The number of nitrogens with two attached hydrogens (primary N) is 1. The van der Waals surface area contributed by atoms with Crippen LogP contribution >= 0.6 is 11.8 Å². The van der Waals surface area contributed by atoms with Crippen molar-refractivity contribution in [3.63, 3.8) is 0 Å². The molecule has 0 amide bonds. The summed E-state index contributed by atoms with van der Waals surface area (Å²) in [6.45, 7) is 6.25. The summed E-state index contributed by atoms with van der Waals surface area (Å²) in [5.41, 5.74) is 6.18. The van der Waals surface area contributed by atoms with E-state index in [0.717, 1.165) is 17.9 Å². The van der Waals surface area contributed by atoms with E-state index in [4.69, 9.17) is 10.3 Å². The number of thioether (sulfide) groups is 1. The van der Waals surface area contributed by atoms with Crippen LogP contribution in [0.4, 0.5) is 0 Å². The zero-order valence-electron chi connectivity index (χ0n) is 9.41. The van der Waals surface area contributed by atoms with Crippen LogP contribution in [0.2, 0.25) is 0 Å². The second kappa shape index (κ2) is 3.49.